The highest BCUT2D eigenvalue weighted by Crippen LogP contribution is 2.36. The summed E-state index contributed by atoms with van der Waals surface area (Å²) in [6, 6.07) is 6.37. The molecule has 11 heteroatoms. The van der Waals surface area contributed by atoms with Crippen LogP contribution in [0.15, 0.2) is 47.8 Å². The Morgan fingerprint density at radius 2 is 2.15 bits per heavy atom. The Hall–Kier alpha value is -2.31. The summed E-state index contributed by atoms with van der Waals surface area (Å²) < 4.78 is 37.9. The van der Waals surface area contributed by atoms with E-state index in [1.54, 1.807) is 30.7 Å². The average Bonchev–Trinajstić information content (AvgIpc) is 3.25. The second-order valence-electron chi connectivity index (χ2n) is 8.50. The van der Waals surface area contributed by atoms with E-state index in [0.717, 1.165) is 38.2 Å². The molecule has 0 aliphatic carbocycles. The predicted molar refractivity (Wildman–Crippen MR) is 123 cm³/mol. The van der Waals surface area contributed by atoms with E-state index in [4.69, 9.17) is 9.47 Å². The molecule has 2 atom stereocenters. The van der Waals surface area contributed by atoms with Crippen LogP contribution in [0.1, 0.15) is 19.3 Å². The number of nitrogens with zero attached hydrogens (tertiary/aromatic N) is 3. The van der Waals surface area contributed by atoms with Crippen molar-refractivity contribution in [3.05, 3.63) is 42.9 Å². The lowest BCUT2D eigenvalue weighted by Crippen LogP contribution is -2.45. The van der Waals surface area contributed by atoms with Gasteiger partial charge in [-0.3, -0.25) is 4.98 Å². The first-order valence-corrected chi connectivity index (χ1v) is 12.6. The zero-order valence-corrected chi connectivity index (χ0v) is 19.5. The zero-order valence-electron chi connectivity index (χ0n) is 18.7. The number of aromatic nitrogens is 2. The topological polar surface area (TPSA) is 126 Å². The fourth-order valence-corrected chi connectivity index (χ4v) is 5.09. The molecule has 0 radical (unpaired) electrons. The van der Waals surface area contributed by atoms with Gasteiger partial charge in [0.25, 0.3) is 0 Å². The van der Waals surface area contributed by atoms with Crippen molar-refractivity contribution in [2.45, 2.75) is 41.9 Å². The number of hydrogen-bond acceptors (Lipinski definition) is 9. The number of anilines is 1. The summed E-state index contributed by atoms with van der Waals surface area (Å²) >= 11 is 0. The van der Waals surface area contributed by atoms with Crippen LogP contribution in [0.3, 0.4) is 0 Å². The van der Waals surface area contributed by atoms with Gasteiger partial charge in [0.2, 0.25) is 10.0 Å². The molecule has 2 saturated heterocycles. The van der Waals surface area contributed by atoms with E-state index in [0.29, 0.717) is 18.9 Å². The van der Waals surface area contributed by atoms with Crippen LogP contribution in [-0.2, 0) is 14.8 Å². The van der Waals surface area contributed by atoms with Gasteiger partial charge in [0.1, 0.15) is 24.3 Å². The van der Waals surface area contributed by atoms with Gasteiger partial charge in [-0.15, -0.1) is 0 Å². The molecule has 180 valence electrons. The molecule has 0 bridgehead atoms. The molecule has 10 nitrogen and oxygen atoms in total. The molecule has 2 aliphatic rings. The lowest BCUT2D eigenvalue weighted by atomic mass is 9.87. The summed E-state index contributed by atoms with van der Waals surface area (Å²) in [5.74, 6) is 1.29. The molecule has 2 aromatic rings. The van der Waals surface area contributed by atoms with Gasteiger partial charge in [-0.1, -0.05) is 6.07 Å². The van der Waals surface area contributed by atoms with E-state index in [-0.39, 0.29) is 23.1 Å². The van der Waals surface area contributed by atoms with Crippen LogP contribution in [0.5, 0.6) is 5.75 Å². The molecule has 0 amide bonds. The number of ether oxygens (including phenoxy) is 2. The van der Waals surface area contributed by atoms with Crippen molar-refractivity contribution in [1.29, 1.82) is 0 Å². The third-order valence-corrected chi connectivity index (χ3v) is 7.64. The first-order valence-electron chi connectivity index (χ1n) is 11.1. The van der Waals surface area contributed by atoms with E-state index < -0.39 is 16.1 Å². The van der Waals surface area contributed by atoms with Crippen molar-refractivity contribution in [3.8, 4) is 5.75 Å². The van der Waals surface area contributed by atoms with Crippen molar-refractivity contribution >= 4 is 15.8 Å². The van der Waals surface area contributed by atoms with Gasteiger partial charge in [-0.25, -0.2) is 18.1 Å². The highest BCUT2D eigenvalue weighted by atomic mass is 32.2. The van der Waals surface area contributed by atoms with Gasteiger partial charge >= 0.3 is 0 Å². The maximum absolute atomic E-state index is 11.9. The normalized spacial score (nSPS) is 21.3. The standard InChI is InChI=1S/C22H31N5O5S/c1-23-33(29,30)20-4-2-3-19(11-20)31-16-18(28)13-26-17-12-22(32-15-17)5-9-27(10-6-22)21-14-24-7-8-25-21/h2-4,7-8,11,14,17-18,23,26,28H,5-6,9-10,12-13,15-16H2,1H3/t17?,18-/m0/s1. The SMILES string of the molecule is CNS(=O)(=O)c1cccc(OC[C@@H](O)CNC2COC3(CCN(c4cnccn4)CC3)C2)c1. The lowest BCUT2D eigenvalue weighted by Gasteiger charge is -2.39. The fourth-order valence-electron chi connectivity index (χ4n) is 4.32. The molecule has 1 spiro atoms. The van der Waals surface area contributed by atoms with Crippen LogP contribution in [0, 0.1) is 0 Å². The summed E-state index contributed by atoms with van der Waals surface area (Å²) in [7, 11) is -2.18. The number of sulfonamides is 1. The van der Waals surface area contributed by atoms with E-state index in [2.05, 4.69) is 24.9 Å². The lowest BCUT2D eigenvalue weighted by molar-refractivity contribution is -0.0151. The van der Waals surface area contributed by atoms with Gasteiger partial charge in [0.05, 0.1) is 23.3 Å². The van der Waals surface area contributed by atoms with E-state index in [1.807, 2.05) is 0 Å². The molecule has 3 heterocycles. The molecular weight excluding hydrogens is 446 g/mol. The fraction of sp³-hybridized carbons (Fsp3) is 0.545. The Morgan fingerprint density at radius 3 is 2.88 bits per heavy atom. The maximum Gasteiger partial charge on any atom is 0.240 e. The van der Waals surface area contributed by atoms with Crippen LogP contribution in [0.4, 0.5) is 5.82 Å². The first kappa shape index (κ1) is 23.8. The molecule has 1 aromatic carbocycles. The molecule has 2 fully saturated rings. The third-order valence-electron chi connectivity index (χ3n) is 6.23. The monoisotopic (exact) mass is 477 g/mol. The summed E-state index contributed by atoms with van der Waals surface area (Å²) in [5, 5.41) is 13.7. The Bertz CT molecular complexity index is 1010. The van der Waals surface area contributed by atoms with Crippen LogP contribution in [0.25, 0.3) is 0 Å². The number of hydrogen-bond donors (Lipinski definition) is 3. The summed E-state index contributed by atoms with van der Waals surface area (Å²) in [4.78, 5) is 10.9. The third kappa shape index (κ3) is 5.98. The van der Waals surface area contributed by atoms with Crippen LogP contribution < -0.4 is 19.7 Å². The highest BCUT2D eigenvalue weighted by molar-refractivity contribution is 7.89. The Balaban J connectivity index is 1.20. The molecule has 0 saturated carbocycles. The van der Waals surface area contributed by atoms with E-state index in [1.165, 1.54) is 19.2 Å². The quantitative estimate of drug-likeness (QED) is 0.474. The molecule has 1 unspecified atom stereocenters. The first-order chi connectivity index (χ1) is 15.9. The van der Waals surface area contributed by atoms with Crippen LogP contribution in [0.2, 0.25) is 0 Å². The van der Waals surface area contributed by atoms with Crippen molar-refractivity contribution in [3.63, 3.8) is 0 Å². The molecule has 1 aromatic heterocycles. The molecule has 4 rings (SSSR count). The minimum absolute atomic E-state index is 0.0574. The molecular formula is C22H31N5O5S. The van der Waals surface area contributed by atoms with Crippen molar-refractivity contribution < 1.29 is 23.0 Å². The maximum atomic E-state index is 11.9. The van der Waals surface area contributed by atoms with Gasteiger partial charge in [0.15, 0.2) is 0 Å². The van der Waals surface area contributed by atoms with Gasteiger partial charge in [0, 0.05) is 44.1 Å². The Morgan fingerprint density at radius 1 is 1.33 bits per heavy atom. The van der Waals surface area contributed by atoms with Gasteiger partial charge in [-0.05, 0) is 38.4 Å². The average molecular weight is 478 g/mol. The van der Waals surface area contributed by atoms with Gasteiger partial charge < -0.3 is 24.8 Å². The van der Waals surface area contributed by atoms with Crippen molar-refractivity contribution in [2.75, 3.05) is 44.8 Å². The Labute approximate surface area is 194 Å². The number of aliphatic hydroxyl groups is 1. The summed E-state index contributed by atoms with van der Waals surface area (Å²) in [6.07, 6.45) is 7.21. The molecule has 2 aliphatic heterocycles. The minimum atomic E-state index is -3.54. The Kier molecular flexibility index (Phi) is 7.45. The minimum Gasteiger partial charge on any atom is -0.491 e. The number of rotatable bonds is 9. The number of benzene rings is 1. The number of nitrogens with one attached hydrogen (secondary N) is 2. The smallest absolute Gasteiger partial charge is 0.240 e. The molecule has 3 N–H and O–H groups in total. The highest BCUT2D eigenvalue weighted by Gasteiger charge is 2.42. The van der Waals surface area contributed by atoms with Crippen LogP contribution >= 0.6 is 0 Å². The van der Waals surface area contributed by atoms with E-state index in [9.17, 15) is 13.5 Å². The second-order valence-corrected chi connectivity index (χ2v) is 10.4. The van der Waals surface area contributed by atoms with Crippen molar-refractivity contribution in [1.82, 2.24) is 20.0 Å². The molecule has 33 heavy (non-hydrogen) atoms. The number of aliphatic hydroxyl groups excluding tert-OH is 1. The van der Waals surface area contributed by atoms with E-state index >= 15 is 0 Å². The number of piperidine rings is 1. The summed E-state index contributed by atoms with van der Waals surface area (Å²) in [5.41, 5.74) is -0.128. The predicted octanol–water partition coefficient (Wildman–Crippen LogP) is 0.542. The zero-order chi connectivity index (χ0) is 23.3. The van der Waals surface area contributed by atoms with Gasteiger partial charge in [-0.2, -0.15) is 0 Å². The van der Waals surface area contributed by atoms with Crippen LogP contribution in [-0.4, -0.2) is 81.1 Å². The van der Waals surface area contributed by atoms with Crippen molar-refractivity contribution in [2.24, 2.45) is 0 Å². The summed E-state index contributed by atoms with van der Waals surface area (Å²) in [6.45, 7) is 2.79. The largest absolute Gasteiger partial charge is 0.491 e. The second kappa shape index (κ2) is 10.3.